The number of benzene rings is 2. The number of hydrogen-bond donors (Lipinski definition) is 3. The summed E-state index contributed by atoms with van der Waals surface area (Å²) in [5.74, 6) is -0.411. The van der Waals surface area contributed by atoms with E-state index < -0.39 is 5.97 Å². The molecule has 0 atom stereocenters. The maximum Gasteiger partial charge on any atom is 0.303 e. The molecule has 3 rings (SSSR count). The third-order valence-electron chi connectivity index (χ3n) is 4.43. The Kier molecular flexibility index (Phi) is 6.32. The molecule has 0 saturated heterocycles. The van der Waals surface area contributed by atoms with Gasteiger partial charge in [-0.05, 0) is 42.2 Å². The highest BCUT2D eigenvalue weighted by atomic mass is 16.5. The van der Waals surface area contributed by atoms with Gasteiger partial charge >= 0.3 is 5.97 Å². The first-order valence-corrected chi connectivity index (χ1v) is 9.39. The molecule has 3 aromatic rings. The van der Waals surface area contributed by atoms with Crippen LogP contribution in [0.1, 0.15) is 30.9 Å². The Hall–Kier alpha value is -3.28. The standard InChI is InChI=1S/C22H24N2O4/c1-2-11-28-20-9-7-15(8-10-22(26)27)12-19(20)24-21(25)13-16-14-23-18-6-4-3-5-17(16)18/h3-7,9,12,14,23H,2,8,10-11,13H2,1H3,(H,24,25)(H,26,27). The zero-order chi connectivity index (χ0) is 19.9. The second kappa shape index (κ2) is 9.08. The first-order chi connectivity index (χ1) is 13.6. The normalized spacial score (nSPS) is 10.8. The first-order valence-electron chi connectivity index (χ1n) is 9.39. The van der Waals surface area contributed by atoms with E-state index in [4.69, 9.17) is 9.84 Å². The Bertz CT molecular complexity index is 978. The van der Waals surface area contributed by atoms with Gasteiger partial charge in [0, 0.05) is 23.5 Å². The zero-order valence-corrected chi connectivity index (χ0v) is 15.8. The first kappa shape index (κ1) is 19.5. The van der Waals surface area contributed by atoms with Crippen molar-refractivity contribution in [3.8, 4) is 5.75 Å². The summed E-state index contributed by atoms with van der Waals surface area (Å²) in [6.07, 6.45) is 3.37. The van der Waals surface area contributed by atoms with Crippen LogP contribution in [0.25, 0.3) is 10.9 Å². The molecule has 0 unspecified atom stereocenters. The Morgan fingerprint density at radius 3 is 2.79 bits per heavy atom. The van der Waals surface area contributed by atoms with Crippen LogP contribution in [0.15, 0.2) is 48.7 Å². The van der Waals surface area contributed by atoms with E-state index in [9.17, 15) is 9.59 Å². The number of nitrogens with one attached hydrogen (secondary N) is 2. The van der Waals surface area contributed by atoms with E-state index >= 15 is 0 Å². The minimum atomic E-state index is -0.851. The molecule has 0 saturated carbocycles. The van der Waals surface area contributed by atoms with Gasteiger partial charge in [0.15, 0.2) is 0 Å². The lowest BCUT2D eigenvalue weighted by molar-refractivity contribution is -0.137. The SMILES string of the molecule is CCCOc1ccc(CCC(=O)O)cc1NC(=O)Cc1c[nH]c2ccccc12. The molecule has 28 heavy (non-hydrogen) atoms. The fraction of sp³-hybridized carbons (Fsp3) is 0.273. The van der Waals surface area contributed by atoms with Crippen molar-refractivity contribution in [1.29, 1.82) is 0 Å². The Morgan fingerprint density at radius 1 is 1.18 bits per heavy atom. The van der Waals surface area contributed by atoms with Crippen LogP contribution in [-0.2, 0) is 22.4 Å². The maximum absolute atomic E-state index is 12.7. The molecular weight excluding hydrogens is 356 g/mol. The lowest BCUT2D eigenvalue weighted by atomic mass is 10.1. The lowest BCUT2D eigenvalue weighted by Crippen LogP contribution is -2.15. The van der Waals surface area contributed by atoms with Gasteiger partial charge in [0.2, 0.25) is 5.91 Å². The summed E-state index contributed by atoms with van der Waals surface area (Å²) in [6, 6.07) is 13.3. The molecule has 0 bridgehead atoms. The van der Waals surface area contributed by atoms with Crippen LogP contribution in [0, 0.1) is 0 Å². The molecule has 146 valence electrons. The highest BCUT2D eigenvalue weighted by molar-refractivity contribution is 5.96. The fourth-order valence-electron chi connectivity index (χ4n) is 3.06. The molecule has 2 aromatic carbocycles. The fourth-order valence-corrected chi connectivity index (χ4v) is 3.06. The number of aryl methyl sites for hydroxylation is 1. The molecule has 3 N–H and O–H groups in total. The van der Waals surface area contributed by atoms with Crippen LogP contribution in [0.3, 0.4) is 0 Å². The predicted octanol–water partition coefficient (Wildman–Crippen LogP) is 4.16. The lowest BCUT2D eigenvalue weighted by Gasteiger charge is -2.14. The Balaban J connectivity index is 1.76. The molecule has 1 aromatic heterocycles. The van der Waals surface area contributed by atoms with E-state index in [0.717, 1.165) is 28.5 Å². The van der Waals surface area contributed by atoms with Crippen molar-refractivity contribution in [3.63, 3.8) is 0 Å². The highest BCUT2D eigenvalue weighted by Gasteiger charge is 2.13. The van der Waals surface area contributed by atoms with Crippen LogP contribution in [-0.4, -0.2) is 28.6 Å². The average Bonchev–Trinajstić information content (AvgIpc) is 3.08. The van der Waals surface area contributed by atoms with Crippen molar-refractivity contribution in [2.45, 2.75) is 32.6 Å². The van der Waals surface area contributed by atoms with Crippen molar-refractivity contribution in [3.05, 3.63) is 59.8 Å². The molecular formula is C22H24N2O4. The zero-order valence-electron chi connectivity index (χ0n) is 15.8. The smallest absolute Gasteiger partial charge is 0.303 e. The number of rotatable bonds is 9. The van der Waals surface area contributed by atoms with Gasteiger partial charge in [-0.1, -0.05) is 31.2 Å². The number of amides is 1. The molecule has 6 nitrogen and oxygen atoms in total. The number of carbonyl (C=O) groups excluding carboxylic acids is 1. The summed E-state index contributed by atoms with van der Waals surface area (Å²) in [7, 11) is 0. The number of aromatic nitrogens is 1. The van der Waals surface area contributed by atoms with E-state index in [0.29, 0.717) is 24.5 Å². The summed E-state index contributed by atoms with van der Waals surface area (Å²) >= 11 is 0. The molecule has 1 heterocycles. The number of para-hydroxylation sites is 1. The summed E-state index contributed by atoms with van der Waals surface area (Å²) < 4.78 is 5.74. The minimum Gasteiger partial charge on any atom is -0.491 e. The second-order valence-electron chi connectivity index (χ2n) is 6.66. The third kappa shape index (κ3) is 4.91. The van der Waals surface area contributed by atoms with Crippen LogP contribution in [0.5, 0.6) is 5.75 Å². The number of H-pyrrole nitrogens is 1. The van der Waals surface area contributed by atoms with Gasteiger partial charge in [0.05, 0.1) is 18.7 Å². The van der Waals surface area contributed by atoms with Gasteiger partial charge in [-0.15, -0.1) is 0 Å². The van der Waals surface area contributed by atoms with Crippen molar-refractivity contribution in [2.75, 3.05) is 11.9 Å². The number of carbonyl (C=O) groups is 2. The van der Waals surface area contributed by atoms with Crippen molar-refractivity contribution >= 4 is 28.5 Å². The molecule has 0 fully saturated rings. The molecule has 6 heteroatoms. The van der Waals surface area contributed by atoms with E-state index in [1.54, 1.807) is 12.1 Å². The van der Waals surface area contributed by atoms with Gasteiger partial charge in [-0.3, -0.25) is 9.59 Å². The Morgan fingerprint density at radius 2 is 2.00 bits per heavy atom. The largest absolute Gasteiger partial charge is 0.491 e. The number of carboxylic acid groups (broad SMARTS) is 1. The average molecular weight is 380 g/mol. The maximum atomic E-state index is 12.7. The van der Waals surface area contributed by atoms with E-state index in [1.165, 1.54) is 0 Å². The molecule has 0 aliphatic carbocycles. The van der Waals surface area contributed by atoms with Crippen LogP contribution < -0.4 is 10.1 Å². The van der Waals surface area contributed by atoms with Crippen molar-refractivity contribution in [2.24, 2.45) is 0 Å². The van der Waals surface area contributed by atoms with Crippen LogP contribution in [0.2, 0.25) is 0 Å². The quantitative estimate of drug-likeness (QED) is 0.520. The number of aromatic amines is 1. The van der Waals surface area contributed by atoms with E-state index in [-0.39, 0.29) is 18.7 Å². The van der Waals surface area contributed by atoms with Crippen LogP contribution in [0.4, 0.5) is 5.69 Å². The number of carboxylic acids is 1. The molecule has 0 aliphatic heterocycles. The number of fused-ring (bicyclic) bond motifs is 1. The topological polar surface area (TPSA) is 91.4 Å². The van der Waals surface area contributed by atoms with Gasteiger partial charge in [0.25, 0.3) is 0 Å². The monoisotopic (exact) mass is 380 g/mol. The molecule has 0 radical (unpaired) electrons. The number of ether oxygens (including phenoxy) is 1. The summed E-state index contributed by atoms with van der Waals surface area (Å²) in [4.78, 5) is 26.7. The predicted molar refractivity (Wildman–Crippen MR) is 109 cm³/mol. The number of aliphatic carboxylic acids is 1. The van der Waals surface area contributed by atoms with E-state index in [2.05, 4.69) is 10.3 Å². The summed E-state index contributed by atoms with van der Waals surface area (Å²) in [6.45, 7) is 2.55. The highest BCUT2D eigenvalue weighted by Crippen LogP contribution is 2.27. The Labute approximate surface area is 163 Å². The molecule has 1 amide bonds. The van der Waals surface area contributed by atoms with Gasteiger partial charge in [-0.25, -0.2) is 0 Å². The van der Waals surface area contributed by atoms with E-state index in [1.807, 2.05) is 43.5 Å². The molecule has 0 spiro atoms. The van der Waals surface area contributed by atoms with Gasteiger partial charge in [-0.2, -0.15) is 0 Å². The second-order valence-corrected chi connectivity index (χ2v) is 6.66. The van der Waals surface area contributed by atoms with Gasteiger partial charge in [0.1, 0.15) is 5.75 Å². The molecule has 0 aliphatic rings. The van der Waals surface area contributed by atoms with Crippen LogP contribution >= 0.6 is 0 Å². The number of anilines is 1. The van der Waals surface area contributed by atoms with Crippen molar-refractivity contribution in [1.82, 2.24) is 4.98 Å². The van der Waals surface area contributed by atoms with Gasteiger partial charge < -0.3 is 20.1 Å². The summed E-state index contributed by atoms with van der Waals surface area (Å²) in [5, 5.41) is 12.8. The minimum absolute atomic E-state index is 0.0396. The third-order valence-corrected chi connectivity index (χ3v) is 4.43. The summed E-state index contributed by atoms with van der Waals surface area (Å²) in [5.41, 5.74) is 3.33. The van der Waals surface area contributed by atoms with Crippen molar-refractivity contribution < 1.29 is 19.4 Å². The number of hydrogen-bond acceptors (Lipinski definition) is 3.